The molecule has 0 aliphatic carbocycles. The summed E-state index contributed by atoms with van der Waals surface area (Å²) >= 11 is 3.38. The Morgan fingerprint density at radius 3 is 2.50 bits per heavy atom. The van der Waals surface area contributed by atoms with Crippen LogP contribution in [-0.2, 0) is 0 Å². The van der Waals surface area contributed by atoms with Gasteiger partial charge in [-0.15, -0.1) is 5.92 Å². The van der Waals surface area contributed by atoms with Crippen LogP contribution in [0.2, 0.25) is 0 Å². The maximum Gasteiger partial charge on any atom is 0.114 e. The lowest BCUT2D eigenvalue weighted by Gasteiger charge is -2.00. The molecule has 0 fully saturated rings. The predicted octanol–water partition coefficient (Wildman–Crippen LogP) is 4.28. The zero-order chi connectivity index (χ0) is 12.1. The molecule has 0 aliphatic heterocycles. The van der Waals surface area contributed by atoms with Gasteiger partial charge in [-0.1, -0.05) is 54.5 Å². The molecule has 94 valence electrons. The Morgan fingerprint density at radius 1 is 1.06 bits per heavy atom. The van der Waals surface area contributed by atoms with Crippen molar-refractivity contribution in [3.8, 4) is 11.8 Å². The van der Waals surface area contributed by atoms with Crippen molar-refractivity contribution < 1.29 is 5.11 Å². The van der Waals surface area contributed by atoms with Crippen LogP contribution in [0, 0.1) is 11.8 Å². The zero-order valence-electron chi connectivity index (χ0n) is 10.5. The van der Waals surface area contributed by atoms with E-state index in [4.69, 9.17) is 0 Å². The van der Waals surface area contributed by atoms with Gasteiger partial charge in [-0.25, -0.2) is 0 Å². The Labute approximate surface area is 109 Å². The van der Waals surface area contributed by atoms with Gasteiger partial charge in [-0.3, -0.25) is 0 Å². The summed E-state index contributed by atoms with van der Waals surface area (Å²) in [5.74, 6) is 6.00. The average Bonchev–Trinajstić information content (AvgIpc) is 2.28. The van der Waals surface area contributed by atoms with E-state index in [1.54, 1.807) is 0 Å². The molecule has 0 saturated heterocycles. The van der Waals surface area contributed by atoms with Crippen LogP contribution < -0.4 is 0 Å². The van der Waals surface area contributed by atoms with E-state index in [9.17, 15) is 5.11 Å². The lowest BCUT2D eigenvalue weighted by molar-refractivity contribution is 0.218. The van der Waals surface area contributed by atoms with Gasteiger partial charge in [-0.2, -0.15) is 0 Å². The molecule has 1 atom stereocenters. The van der Waals surface area contributed by atoms with E-state index in [0.717, 1.165) is 31.0 Å². The lowest BCUT2D eigenvalue weighted by atomic mass is 10.1. The molecule has 0 aromatic heterocycles. The minimum atomic E-state index is -0.408. The number of unbranched alkanes of at least 4 members (excludes halogenated alkanes) is 6. The minimum Gasteiger partial charge on any atom is -0.380 e. The molecule has 2 heteroatoms. The van der Waals surface area contributed by atoms with Gasteiger partial charge in [0.25, 0.3) is 0 Å². The maximum absolute atomic E-state index is 9.53. The fourth-order valence-electron chi connectivity index (χ4n) is 1.51. The SMILES string of the molecule is CCCCCCCC#CC(O)CCCCBr. The molecule has 0 spiro atoms. The second kappa shape index (κ2) is 13.1. The second-order valence-corrected chi connectivity index (χ2v) is 4.98. The third kappa shape index (κ3) is 12.1. The van der Waals surface area contributed by atoms with E-state index in [-0.39, 0.29) is 0 Å². The topological polar surface area (TPSA) is 20.2 Å². The number of aliphatic hydroxyl groups excluding tert-OH is 1. The number of hydrogen-bond donors (Lipinski definition) is 1. The van der Waals surface area contributed by atoms with Crippen molar-refractivity contribution in [1.82, 2.24) is 0 Å². The smallest absolute Gasteiger partial charge is 0.114 e. The first kappa shape index (κ1) is 16.0. The van der Waals surface area contributed by atoms with Gasteiger partial charge >= 0.3 is 0 Å². The number of halogens is 1. The van der Waals surface area contributed by atoms with Crippen molar-refractivity contribution in [1.29, 1.82) is 0 Å². The first-order valence-electron chi connectivity index (χ1n) is 6.53. The van der Waals surface area contributed by atoms with E-state index in [1.165, 1.54) is 32.1 Å². The highest BCUT2D eigenvalue weighted by Gasteiger charge is 1.97. The molecule has 1 nitrogen and oxygen atoms in total. The normalized spacial score (nSPS) is 11.9. The molecule has 0 aliphatic rings. The summed E-state index contributed by atoms with van der Waals surface area (Å²) in [5.41, 5.74) is 0. The molecule has 0 heterocycles. The van der Waals surface area contributed by atoms with Crippen LogP contribution in [0.25, 0.3) is 0 Å². The number of hydrogen-bond acceptors (Lipinski definition) is 1. The lowest BCUT2D eigenvalue weighted by Crippen LogP contribution is -2.02. The van der Waals surface area contributed by atoms with Crippen molar-refractivity contribution in [3.63, 3.8) is 0 Å². The Bertz CT molecular complexity index is 193. The molecular formula is C14H25BrO. The maximum atomic E-state index is 9.53. The van der Waals surface area contributed by atoms with Gasteiger partial charge in [-0.05, 0) is 25.7 Å². The largest absolute Gasteiger partial charge is 0.380 e. The highest BCUT2D eigenvalue weighted by Crippen LogP contribution is 2.05. The molecule has 0 rings (SSSR count). The summed E-state index contributed by atoms with van der Waals surface area (Å²) in [4.78, 5) is 0. The Morgan fingerprint density at radius 2 is 1.81 bits per heavy atom. The number of aliphatic hydroxyl groups is 1. The Kier molecular flexibility index (Phi) is 13.1. The quantitative estimate of drug-likeness (QED) is 0.381. The molecule has 0 radical (unpaired) electrons. The molecule has 0 saturated carbocycles. The highest BCUT2D eigenvalue weighted by atomic mass is 79.9. The third-order valence-corrected chi connectivity index (χ3v) is 3.10. The Hall–Kier alpha value is 0. The summed E-state index contributed by atoms with van der Waals surface area (Å²) in [6.45, 7) is 2.23. The number of rotatable bonds is 9. The van der Waals surface area contributed by atoms with Crippen LogP contribution in [0.4, 0.5) is 0 Å². The summed E-state index contributed by atoms with van der Waals surface area (Å²) in [6, 6.07) is 0. The van der Waals surface area contributed by atoms with Crippen molar-refractivity contribution in [2.24, 2.45) is 0 Å². The van der Waals surface area contributed by atoms with Crippen molar-refractivity contribution in [2.45, 2.75) is 70.8 Å². The first-order chi connectivity index (χ1) is 7.81. The van der Waals surface area contributed by atoms with Crippen LogP contribution in [0.15, 0.2) is 0 Å². The second-order valence-electron chi connectivity index (χ2n) is 4.19. The molecule has 1 unspecified atom stereocenters. The molecule has 0 aromatic rings. The zero-order valence-corrected chi connectivity index (χ0v) is 12.1. The Balaban J connectivity index is 3.30. The molecule has 16 heavy (non-hydrogen) atoms. The van der Waals surface area contributed by atoms with Crippen molar-refractivity contribution >= 4 is 15.9 Å². The standard InChI is InChI=1S/C14H25BrO/c1-2-3-4-5-6-7-8-11-14(16)12-9-10-13-15/h14,16H,2-7,9-10,12-13H2,1H3. The van der Waals surface area contributed by atoms with Gasteiger partial charge in [0.2, 0.25) is 0 Å². The van der Waals surface area contributed by atoms with Crippen LogP contribution >= 0.6 is 15.9 Å². The summed E-state index contributed by atoms with van der Waals surface area (Å²) in [7, 11) is 0. The van der Waals surface area contributed by atoms with Crippen LogP contribution in [0.5, 0.6) is 0 Å². The predicted molar refractivity (Wildman–Crippen MR) is 74.8 cm³/mol. The van der Waals surface area contributed by atoms with Gasteiger partial charge in [0, 0.05) is 11.8 Å². The van der Waals surface area contributed by atoms with E-state index in [1.807, 2.05) is 0 Å². The van der Waals surface area contributed by atoms with Crippen LogP contribution in [-0.4, -0.2) is 16.5 Å². The van der Waals surface area contributed by atoms with E-state index in [2.05, 4.69) is 34.7 Å². The third-order valence-electron chi connectivity index (χ3n) is 2.54. The van der Waals surface area contributed by atoms with Crippen LogP contribution in [0.1, 0.15) is 64.7 Å². The van der Waals surface area contributed by atoms with E-state index >= 15 is 0 Å². The molecule has 0 amide bonds. The number of alkyl halides is 1. The van der Waals surface area contributed by atoms with E-state index < -0.39 is 6.10 Å². The van der Waals surface area contributed by atoms with Crippen LogP contribution in [0.3, 0.4) is 0 Å². The molecular weight excluding hydrogens is 264 g/mol. The molecule has 1 N–H and O–H groups in total. The molecule has 0 bridgehead atoms. The monoisotopic (exact) mass is 288 g/mol. The van der Waals surface area contributed by atoms with Gasteiger partial charge in [0.1, 0.15) is 6.10 Å². The highest BCUT2D eigenvalue weighted by molar-refractivity contribution is 9.09. The fourth-order valence-corrected chi connectivity index (χ4v) is 1.91. The van der Waals surface area contributed by atoms with E-state index in [0.29, 0.717) is 0 Å². The first-order valence-corrected chi connectivity index (χ1v) is 7.65. The van der Waals surface area contributed by atoms with Gasteiger partial charge in [0.15, 0.2) is 0 Å². The average molecular weight is 289 g/mol. The minimum absolute atomic E-state index is 0.408. The summed E-state index contributed by atoms with van der Waals surface area (Å²) in [6.07, 6.45) is 9.94. The summed E-state index contributed by atoms with van der Waals surface area (Å²) in [5, 5.41) is 10.5. The van der Waals surface area contributed by atoms with Crippen molar-refractivity contribution in [3.05, 3.63) is 0 Å². The van der Waals surface area contributed by atoms with Gasteiger partial charge in [0.05, 0.1) is 0 Å². The van der Waals surface area contributed by atoms with Crippen molar-refractivity contribution in [2.75, 3.05) is 5.33 Å². The fraction of sp³-hybridized carbons (Fsp3) is 0.857. The molecule has 0 aromatic carbocycles. The van der Waals surface area contributed by atoms with Gasteiger partial charge < -0.3 is 5.11 Å². The summed E-state index contributed by atoms with van der Waals surface area (Å²) < 4.78 is 0.